The molecule has 20 heteroatoms. The second kappa shape index (κ2) is 150. The molecule has 0 aliphatic rings. The average Bonchev–Trinajstić information content (AvgIpc) is 3.46. The van der Waals surface area contributed by atoms with Gasteiger partial charge in [0.25, 0.3) is 0 Å². The van der Waals surface area contributed by atoms with E-state index in [0.717, 1.165) is 0 Å². The minimum absolute atomic E-state index is 0. The maximum atomic E-state index is 2.32. The molecule has 0 unspecified atom stereocenters. The van der Waals surface area contributed by atoms with Crippen molar-refractivity contribution in [1.82, 2.24) is 0 Å². The first-order chi connectivity index (χ1) is 38.1. The van der Waals surface area contributed by atoms with Crippen LogP contribution in [0.1, 0.15) is 356 Å². The average molecular weight is 2580 g/mol. The van der Waals surface area contributed by atoms with Crippen molar-refractivity contribution >= 4 is 155 Å². The summed E-state index contributed by atoms with van der Waals surface area (Å²) in [6.45, 7) is 41.7. The van der Waals surface area contributed by atoms with Crippen molar-refractivity contribution in [2.75, 3.05) is 111 Å². The molecule has 0 aromatic heterocycles. The van der Waals surface area contributed by atoms with E-state index in [2.05, 4.69) is 125 Å². The molecular weight excluding hydrogens is 2410 g/mol. The van der Waals surface area contributed by atoms with Gasteiger partial charge in [-0.1, -0.05) is 240 Å². The molecule has 0 aromatic rings. The number of hydrogen-bond donors (Lipinski definition) is 0. The minimum atomic E-state index is 0. The monoisotopic (exact) mass is 2580 g/mol. The van der Waals surface area contributed by atoms with Crippen LogP contribution < -0.4 is 0 Å². The summed E-state index contributed by atoms with van der Waals surface area (Å²) in [5.41, 5.74) is 0. The molecule has 0 aliphatic heterocycles. The second-order valence-corrected chi connectivity index (χ2v) is 42.4. The van der Waals surface area contributed by atoms with Crippen molar-refractivity contribution < 1.29 is 126 Å². The van der Waals surface area contributed by atoms with Gasteiger partial charge in [-0.2, -0.15) is 0 Å². The Kier molecular flexibility index (Phi) is 251. The summed E-state index contributed by atoms with van der Waals surface area (Å²) < 4.78 is 0. The summed E-state index contributed by atoms with van der Waals surface area (Å²) in [6.07, 6.45) is 80.4. The smallest absolute Gasteiger partial charge is 2.00 e. The first-order valence-electron chi connectivity index (χ1n) is 37.1. The van der Waals surface area contributed by atoms with Crippen LogP contribution in [0.15, 0.2) is 0 Å². The van der Waals surface area contributed by atoms with Gasteiger partial charge in [0.2, 0.25) is 0 Å². The number of rotatable bonds is 54. The SMILES string of the molecule is CCCC[PH+](CCCC)CCCC.CCCC[PH+](CCCC)CCCC.CCCC[PH+](CCCC)CCCC.CCCC[PH+](CCCC)CCCC.CCCC[PH+](CCCC)CCCC.CCCC[PH+](CCCC)CCCC.[S-2].[S-2].[S-2].[S-2].[S-2].[S-2].[S-2].[S-2].[W+2].[W+2].[W].[W].[W].[W]. The first-order valence-corrected chi connectivity index (χ1v) is 49.8. The van der Waals surface area contributed by atoms with E-state index >= 15 is 0 Å². The van der Waals surface area contributed by atoms with Gasteiger partial charge in [0, 0.05) is 132 Å². The van der Waals surface area contributed by atoms with E-state index in [1.165, 1.54) is 231 Å². The van der Waals surface area contributed by atoms with Gasteiger partial charge >= 0.3 is 42.1 Å². The normalized spacial score (nSPS) is 9.39. The zero-order chi connectivity index (χ0) is 59.6. The van der Waals surface area contributed by atoms with Crippen LogP contribution in [-0.2, 0) is 234 Å². The van der Waals surface area contributed by atoms with Gasteiger partial charge in [0.05, 0.1) is 111 Å². The molecule has 0 amide bonds. The summed E-state index contributed by atoms with van der Waals surface area (Å²) in [4.78, 5) is 0. The molecule has 0 rings (SSSR count). The van der Waals surface area contributed by atoms with Crippen molar-refractivity contribution in [2.45, 2.75) is 356 Å². The fourth-order valence-electron chi connectivity index (χ4n) is 9.93. The molecule has 0 N–H and O–H groups in total. The Morgan fingerprint density at radius 2 is 0.163 bits per heavy atom. The Labute approximate surface area is 739 Å². The van der Waals surface area contributed by atoms with E-state index in [-0.39, 0.29) is 282 Å². The van der Waals surface area contributed by atoms with Gasteiger partial charge in [0.1, 0.15) is 0 Å². The van der Waals surface area contributed by atoms with Crippen LogP contribution >= 0.6 is 47.5 Å². The van der Waals surface area contributed by atoms with Gasteiger partial charge in [-0.3, -0.25) is 0 Å². The minimum Gasteiger partial charge on any atom is -2.00 e. The zero-order valence-corrected chi connectivity index (χ0v) is 95.0. The molecule has 576 valence electrons. The third kappa shape index (κ3) is 145. The Hall–Kier alpha value is 9.51. The molecule has 0 nitrogen and oxygen atoms in total. The summed E-state index contributed by atoms with van der Waals surface area (Å²) in [7, 11) is 0.405. The van der Waals surface area contributed by atoms with Crippen molar-refractivity contribution in [3.63, 3.8) is 0 Å². The van der Waals surface area contributed by atoms with E-state index < -0.39 is 0 Å². The molecule has 92 heavy (non-hydrogen) atoms. The molecule has 0 atom stereocenters. The molecule has 0 fully saturated rings. The Balaban J connectivity index is -0.0000000365. The molecule has 0 saturated heterocycles. The molecule has 0 aromatic carbocycles. The number of unbranched alkanes of at least 4 members (excludes halogenated alkanes) is 18. The van der Waals surface area contributed by atoms with Crippen molar-refractivity contribution in [3.8, 4) is 0 Å². The zero-order valence-electron chi connectivity index (χ0n) is 64.9. The summed E-state index contributed by atoms with van der Waals surface area (Å²) in [5.74, 6) is 0. The molecule has 0 spiro atoms. The largest absolute Gasteiger partial charge is 2.00 e. The van der Waals surface area contributed by atoms with Gasteiger partial charge < -0.3 is 108 Å². The van der Waals surface area contributed by atoms with Crippen LogP contribution in [0.25, 0.3) is 0 Å². The van der Waals surface area contributed by atoms with E-state index in [0.29, 0.717) is 0 Å². The van der Waals surface area contributed by atoms with Crippen LogP contribution in [0, 0.1) is 0 Å². The van der Waals surface area contributed by atoms with Crippen molar-refractivity contribution in [1.29, 1.82) is 0 Å². The van der Waals surface area contributed by atoms with Crippen LogP contribution in [0.3, 0.4) is 0 Å². The first kappa shape index (κ1) is 154. The predicted octanol–water partition coefficient (Wildman–Crippen LogP) is 27.6. The number of hydrogen-bond acceptors (Lipinski definition) is 0. The second-order valence-electron chi connectivity index (χ2n) is 24.4. The molecule has 0 saturated carbocycles. The molecule has 0 bridgehead atoms. The topological polar surface area (TPSA) is 0 Å². The third-order valence-corrected chi connectivity index (χ3v) is 35.0. The third-order valence-electron chi connectivity index (χ3n) is 15.9. The van der Waals surface area contributed by atoms with Gasteiger partial charge in [-0.15, -0.1) is 0 Å². The van der Waals surface area contributed by atoms with Crippen molar-refractivity contribution in [2.24, 2.45) is 0 Å². The Morgan fingerprint density at radius 3 is 0.196 bits per heavy atom. The van der Waals surface area contributed by atoms with Crippen LogP contribution in [0.4, 0.5) is 0 Å². The molecule has 0 heterocycles. The van der Waals surface area contributed by atoms with Crippen LogP contribution in [0.5, 0.6) is 0 Å². The van der Waals surface area contributed by atoms with Gasteiger partial charge in [0.15, 0.2) is 0 Å². The quantitative estimate of drug-likeness (QED) is 0.0533. The summed E-state index contributed by atoms with van der Waals surface area (Å²) in [6, 6.07) is 0. The maximum Gasteiger partial charge on any atom is 2.00 e. The van der Waals surface area contributed by atoms with E-state index in [9.17, 15) is 0 Å². The standard InChI is InChI=1S/6C12H27P.8S.6W/c6*1-4-7-10-13(11-8-5-2)12-9-6-3;;;;;;;;;;;;;;/h6*4-12H2,1-3H3;;;;;;;;;;;;;;/q;;;;;;8*-2;;;;;2*+2/p+6. The van der Waals surface area contributed by atoms with Crippen molar-refractivity contribution in [3.05, 3.63) is 0 Å². The predicted molar refractivity (Wildman–Crippen MR) is 465 cm³/mol. The van der Waals surface area contributed by atoms with Crippen LogP contribution in [0.2, 0.25) is 0 Å². The van der Waals surface area contributed by atoms with Crippen LogP contribution in [-0.4, -0.2) is 111 Å². The van der Waals surface area contributed by atoms with E-state index in [1.807, 2.05) is 0 Å². The fraction of sp³-hybridized carbons (Fsp3) is 1.00. The van der Waals surface area contributed by atoms with E-state index in [4.69, 9.17) is 0 Å². The molecular formula is C72H168P6S8W6-6. The summed E-state index contributed by atoms with van der Waals surface area (Å²) in [5, 5.41) is 0. The molecule has 0 aliphatic carbocycles. The van der Waals surface area contributed by atoms with Gasteiger partial charge in [-0.25, -0.2) is 0 Å². The summed E-state index contributed by atoms with van der Waals surface area (Å²) >= 11 is 0. The maximum absolute atomic E-state index is 2.32. The van der Waals surface area contributed by atoms with Gasteiger partial charge in [-0.05, 0) is 116 Å². The Morgan fingerprint density at radius 1 is 0.120 bits per heavy atom. The fourth-order valence-corrected chi connectivity index (χ4v) is 29.8. The Bertz CT molecular complexity index is 689. The molecule has 0 radical (unpaired) electrons. The van der Waals surface area contributed by atoms with E-state index in [1.54, 1.807) is 111 Å².